The molecule has 1 fully saturated rings. The van der Waals surface area contributed by atoms with Gasteiger partial charge in [-0.3, -0.25) is 0 Å². The van der Waals surface area contributed by atoms with Crippen molar-refractivity contribution in [1.29, 1.82) is 0 Å². The molecule has 1 aromatic heterocycles. The highest BCUT2D eigenvalue weighted by molar-refractivity contribution is 5.69. The van der Waals surface area contributed by atoms with E-state index in [0.717, 1.165) is 11.6 Å². The minimum Gasteiger partial charge on any atom is -0.493 e. The zero-order chi connectivity index (χ0) is 15.5. The van der Waals surface area contributed by atoms with Crippen LogP contribution in [0.3, 0.4) is 0 Å². The van der Waals surface area contributed by atoms with E-state index in [1.54, 1.807) is 11.1 Å². The average molecular weight is 293 g/mol. The zero-order valence-electron chi connectivity index (χ0n) is 13.0. The second-order valence-corrected chi connectivity index (χ2v) is 6.19. The van der Waals surface area contributed by atoms with E-state index in [-0.39, 0.29) is 6.09 Å². The summed E-state index contributed by atoms with van der Waals surface area (Å²) < 4.78 is 11.0. The minimum absolute atomic E-state index is 0.250. The van der Waals surface area contributed by atoms with Gasteiger partial charge in [-0.15, -0.1) is 0 Å². The van der Waals surface area contributed by atoms with Crippen LogP contribution in [0.25, 0.3) is 0 Å². The van der Waals surface area contributed by atoms with Crippen LogP contribution in [0.1, 0.15) is 20.8 Å². The molecule has 116 valence electrons. The Morgan fingerprint density at radius 1 is 1.48 bits per heavy atom. The number of carbonyl (C=O) groups is 1. The van der Waals surface area contributed by atoms with Crippen molar-refractivity contribution in [1.82, 2.24) is 9.88 Å². The first kappa shape index (κ1) is 15.4. The van der Waals surface area contributed by atoms with E-state index in [0.29, 0.717) is 25.6 Å². The topological polar surface area (TPSA) is 63.7 Å². The number of pyridine rings is 1. The summed E-state index contributed by atoms with van der Waals surface area (Å²) >= 11 is 0. The Morgan fingerprint density at radius 2 is 2.19 bits per heavy atom. The van der Waals surface area contributed by atoms with Gasteiger partial charge in [-0.05, 0) is 26.8 Å². The highest BCUT2D eigenvalue weighted by Crippen LogP contribution is 2.21. The summed E-state index contributed by atoms with van der Waals surface area (Å²) in [7, 11) is 1.82. The van der Waals surface area contributed by atoms with E-state index in [9.17, 15) is 4.79 Å². The number of amides is 1. The fourth-order valence-electron chi connectivity index (χ4n) is 2.00. The van der Waals surface area contributed by atoms with Crippen LogP contribution in [-0.2, 0) is 4.74 Å². The lowest BCUT2D eigenvalue weighted by Crippen LogP contribution is -2.53. The average Bonchev–Trinajstić information content (AvgIpc) is 2.35. The number of carbonyl (C=O) groups excluding carboxylic acids is 1. The van der Waals surface area contributed by atoms with Crippen LogP contribution in [0.4, 0.5) is 10.6 Å². The summed E-state index contributed by atoms with van der Waals surface area (Å²) in [6, 6.07) is 3.68. The summed E-state index contributed by atoms with van der Waals surface area (Å²) in [5.41, 5.74) is -0.445. The molecule has 0 aliphatic carbocycles. The third-order valence-electron chi connectivity index (χ3n) is 3.08. The molecular formula is C15H23N3O3. The molecule has 0 unspecified atom stereocenters. The maximum absolute atomic E-state index is 11.8. The largest absolute Gasteiger partial charge is 0.493 e. The molecule has 0 radical (unpaired) electrons. The lowest BCUT2D eigenvalue weighted by atomic mass is 10.0. The molecule has 1 amide bonds. The van der Waals surface area contributed by atoms with Crippen molar-refractivity contribution in [3.63, 3.8) is 0 Å². The van der Waals surface area contributed by atoms with Gasteiger partial charge < -0.3 is 19.7 Å². The van der Waals surface area contributed by atoms with Crippen molar-refractivity contribution < 1.29 is 14.3 Å². The highest BCUT2D eigenvalue weighted by Gasteiger charge is 2.33. The number of rotatable bonds is 4. The van der Waals surface area contributed by atoms with E-state index in [1.165, 1.54) is 0 Å². The van der Waals surface area contributed by atoms with Crippen molar-refractivity contribution in [2.24, 2.45) is 5.92 Å². The summed E-state index contributed by atoms with van der Waals surface area (Å²) in [5.74, 6) is 1.91. The Bertz CT molecular complexity index is 493. The number of hydrogen-bond acceptors (Lipinski definition) is 5. The third kappa shape index (κ3) is 4.51. The predicted molar refractivity (Wildman–Crippen MR) is 80.6 cm³/mol. The van der Waals surface area contributed by atoms with Crippen molar-refractivity contribution in [2.75, 3.05) is 32.1 Å². The van der Waals surface area contributed by atoms with Crippen LogP contribution in [0, 0.1) is 5.92 Å². The summed E-state index contributed by atoms with van der Waals surface area (Å²) in [4.78, 5) is 17.6. The molecule has 0 bridgehead atoms. The molecule has 0 atom stereocenters. The Labute approximate surface area is 125 Å². The zero-order valence-corrected chi connectivity index (χ0v) is 13.0. The van der Waals surface area contributed by atoms with Crippen LogP contribution in [0.15, 0.2) is 18.3 Å². The molecule has 21 heavy (non-hydrogen) atoms. The SMILES string of the molecule is CNc1cc(OCC2CN(C(=O)OC(C)(C)C)C2)ccn1. The number of likely N-dealkylation sites (tertiary alicyclic amines) is 1. The van der Waals surface area contributed by atoms with E-state index in [4.69, 9.17) is 9.47 Å². The molecule has 1 N–H and O–H groups in total. The first-order valence-electron chi connectivity index (χ1n) is 7.12. The Balaban J connectivity index is 1.72. The number of anilines is 1. The molecule has 1 aliphatic heterocycles. The molecule has 0 spiro atoms. The number of hydrogen-bond donors (Lipinski definition) is 1. The first-order chi connectivity index (χ1) is 9.87. The van der Waals surface area contributed by atoms with Gasteiger partial charge in [0.15, 0.2) is 0 Å². The molecule has 1 aliphatic rings. The predicted octanol–water partition coefficient (Wildman–Crippen LogP) is 2.37. The molecule has 2 rings (SSSR count). The highest BCUT2D eigenvalue weighted by atomic mass is 16.6. The Kier molecular flexibility index (Phi) is 4.55. The third-order valence-corrected chi connectivity index (χ3v) is 3.08. The van der Waals surface area contributed by atoms with Gasteiger partial charge in [0.1, 0.15) is 17.2 Å². The molecule has 0 saturated carbocycles. The Morgan fingerprint density at radius 3 is 2.81 bits per heavy atom. The molecule has 6 nitrogen and oxygen atoms in total. The number of nitrogens with zero attached hydrogens (tertiary/aromatic N) is 2. The fraction of sp³-hybridized carbons (Fsp3) is 0.600. The van der Waals surface area contributed by atoms with Crippen LogP contribution >= 0.6 is 0 Å². The Hall–Kier alpha value is -1.98. The summed E-state index contributed by atoms with van der Waals surface area (Å²) in [5, 5.41) is 2.97. The smallest absolute Gasteiger partial charge is 0.410 e. The van der Waals surface area contributed by atoms with Crippen molar-refractivity contribution >= 4 is 11.9 Å². The number of aromatic nitrogens is 1. The van der Waals surface area contributed by atoms with Crippen LogP contribution < -0.4 is 10.1 Å². The number of nitrogens with one attached hydrogen (secondary N) is 1. The molecule has 6 heteroatoms. The van der Waals surface area contributed by atoms with E-state index in [1.807, 2.05) is 40.0 Å². The molecule has 0 aromatic carbocycles. The number of ether oxygens (including phenoxy) is 2. The van der Waals surface area contributed by atoms with Crippen LogP contribution in [0.5, 0.6) is 5.75 Å². The van der Waals surface area contributed by atoms with Crippen LogP contribution in [-0.4, -0.2) is 48.3 Å². The maximum Gasteiger partial charge on any atom is 0.410 e. The van der Waals surface area contributed by atoms with Gasteiger partial charge in [0.2, 0.25) is 0 Å². The van der Waals surface area contributed by atoms with Gasteiger partial charge in [0, 0.05) is 38.3 Å². The summed E-state index contributed by atoms with van der Waals surface area (Å²) in [6.07, 6.45) is 1.45. The maximum atomic E-state index is 11.8. The second kappa shape index (κ2) is 6.20. The van der Waals surface area contributed by atoms with E-state index < -0.39 is 5.60 Å². The molecule has 1 saturated heterocycles. The van der Waals surface area contributed by atoms with Crippen molar-refractivity contribution in [2.45, 2.75) is 26.4 Å². The van der Waals surface area contributed by atoms with Gasteiger partial charge in [0.05, 0.1) is 6.61 Å². The molecule has 2 heterocycles. The van der Waals surface area contributed by atoms with E-state index in [2.05, 4.69) is 10.3 Å². The quantitative estimate of drug-likeness (QED) is 0.923. The first-order valence-corrected chi connectivity index (χ1v) is 7.12. The lowest BCUT2D eigenvalue weighted by molar-refractivity contribution is -0.00781. The van der Waals surface area contributed by atoms with Crippen molar-refractivity contribution in [3.8, 4) is 5.75 Å². The van der Waals surface area contributed by atoms with Crippen LogP contribution in [0.2, 0.25) is 0 Å². The normalized spacial score (nSPS) is 15.3. The fourth-order valence-corrected chi connectivity index (χ4v) is 2.00. The second-order valence-electron chi connectivity index (χ2n) is 6.19. The van der Waals surface area contributed by atoms with Crippen molar-refractivity contribution in [3.05, 3.63) is 18.3 Å². The van der Waals surface area contributed by atoms with Gasteiger partial charge in [0.25, 0.3) is 0 Å². The van der Waals surface area contributed by atoms with E-state index >= 15 is 0 Å². The van der Waals surface area contributed by atoms with Gasteiger partial charge in [-0.25, -0.2) is 9.78 Å². The van der Waals surface area contributed by atoms with Gasteiger partial charge >= 0.3 is 6.09 Å². The molecule has 1 aromatic rings. The summed E-state index contributed by atoms with van der Waals surface area (Å²) in [6.45, 7) is 7.56. The monoisotopic (exact) mass is 293 g/mol. The standard InChI is InChI=1S/C15H23N3O3/c1-15(2,3)21-14(19)18-8-11(9-18)10-20-12-5-6-17-13(7-12)16-4/h5-7,11H,8-10H2,1-4H3,(H,16,17). The van der Waals surface area contributed by atoms with Gasteiger partial charge in [-0.1, -0.05) is 0 Å². The van der Waals surface area contributed by atoms with Gasteiger partial charge in [-0.2, -0.15) is 0 Å². The lowest BCUT2D eigenvalue weighted by Gasteiger charge is -2.39. The minimum atomic E-state index is -0.445. The molecular weight excluding hydrogens is 270 g/mol.